The summed E-state index contributed by atoms with van der Waals surface area (Å²) in [5, 5.41) is 0. The van der Waals surface area contributed by atoms with Gasteiger partial charge in [0.05, 0.1) is 24.5 Å². The van der Waals surface area contributed by atoms with Gasteiger partial charge in [0.15, 0.2) is 0 Å². The number of methoxy groups -OCH3 is 1. The molecule has 3 fully saturated rings. The van der Waals surface area contributed by atoms with Gasteiger partial charge >= 0.3 is 5.97 Å². The topological polar surface area (TPSA) is 78.0 Å². The highest BCUT2D eigenvalue weighted by molar-refractivity contribution is 5.91. The molecular weight excluding hydrogens is 396 g/mol. The second-order valence-electron chi connectivity index (χ2n) is 9.85. The summed E-state index contributed by atoms with van der Waals surface area (Å²) in [5.74, 6) is 0.658. The second-order valence-corrected chi connectivity index (χ2v) is 9.85. The van der Waals surface area contributed by atoms with Gasteiger partial charge in [0.25, 0.3) is 0 Å². The van der Waals surface area contributed by atoms with Crippen molar-refractivity contribution in [3.8, 4) is 0 Å². The Morgan fingerprint density at radius 2 is 2.29 bits per heavy atom. The normalized spacial score (nSPS) is 34.9. The van der Waals surface area contributed by atoms with Gasteiger partial charge in [-0.05, 0) is 55.6 Å². The third kappa shape index (κ3) is 3.76. The van der Waals surface area contributed by atoms with Crippen LogP contribution in [0, 0.1) is 24.2 Å². The van der Waals surface area contributed by atoms with Crippen LogP contribution < -0.4 is 0 Å². The summed E-state index contributed by atoms with van der Waals surface area (Å²) in [6, 6.07) is 2.13. The van der Waals surface area contributed by atoms with Crippen LogP contribution in [0.25, 0.3) is 0 Å². The lowest BCUT2D eigenvalue weighted by Gasteiger charge is -2.36. The van der Waals surface area contributed by atoms with Crippen molar-refractivity contribution in [2.75, 3.05) is 26.9 Å². The van der Waals surface area contributed by atoms with Crippen molar-refractivity contribution >= 4 is 11.9 Å². The van der Waals surface area contributed by atoms with Gasteiger partial charge in [-0.25, -0.2) is 0 Å². The Morgan fingerprint density at radius 3 is 3.13 bits per heavy atom. The fourth-order valence-electron chi connectivity index (χ4n) is 6.29. The van der Waals surface area contributed by atoms with E-state index in [0.29, 0.717) is 31.5 Å². The van der Waals surface area contributed by atoms with Crippen LogP contribution in [0.3, 0.4) is 0 Å². The van der Waals surface area contributed by atoms with Crippen molar-refractivity contribution in [2.24, 2.45) is 17.3 Å². The molecule has 1 saturated carbocycles. The van der Waals surface area contributed by atoms with Gasteiger partial charge in [0, 0.05) is 45.1 Å². The molecule has 1 amide bonds. The number of amides is 1. The predicted octanol–water partition coefficient (Wildman–Crippen LogP) is 2.43. The van der Waals surface area contributed by atoms with Crippen molar-refractivity contribution in [3.63, 3.8) is 0 Å². The summed E-state index contributed by atoms with van der Waals surface area (Å²) in [5.41, 5.74) is 2.60. The number of aryl methyl sites for hydroxylation is 1. The monoisotopic (exact) mass is 428 g/mol. The van der Waals surface area contributed by atoms with E-state index < -0.39 is 5.41 Å². The SMILES string of the molecule is COC1COCCC1C[C@@H]1C[C@H]2OC(=O)C[C@@]2(C(=O)N2CCc3ncc(C)cc3C2)C1. The molecule has 5 rings (SSSR count). The third-order valence-electron chi connectivity index (χ3n) is 7.82. The Hall–Kier alpha value is -1.99. The van der Waals surface area contributed by atoms with E-state index in [1.165, 1.54) is 0 Å². The molecule has 7 nitrogen and oxygen atoms in total. The average Bonchev–Trinajstić information content (AvgIpc) is 3.25. The molecule has 5 atom stereocenters. The van der Waals surface area contributed by atoms with Crippen LogP contribution >= 0.6 is 0 Å². The van der Waals surface area contributed by atoms with Gasteiger partial charge in [-0.15, -0.1) is 0 Å². The summed E-state index contributed by atoms with van der Waals surface area (Å²) >= 11 is 0. The van der Waals surface area contributed by atoms with E-state index >= 15 is 0 Å². The van der Waals surface area contributed by atoms with Crippen LogP contribution in [0.15, 0.2) is 12.3 Å². The van der Waals surface area contributed by atoms with Gasteiger partial charge < -0.3 is 19.1 Å². The van der Waals surface area contributed by atoms with E-state index in [4.69, 9.17) is 14.2 Å². The lowest BCUT2D eigenvalue weighted by atomic mass is 9.78. The molecule has 168 valence electrons. The molecule has 0 spiro atoms. The van der Waals surface area contributed by atoms with Gasteiger partial charge in [-0.2, -0.15) is 0 Å². The van der Waals surface area contributed by atoms with Crippen LogP contribution in [0.5, 0.6) is 0 Å². The van der Waals surface area contributed by atoms with Crippen molar-refractivity contribution in [3.05, 3.63) is 29.1 Å². The quantitative estimate of drug-likeness (QED) is 0.686. The predicted molar refractivity (Wildman–Crippen MR) is 112 cm³/mol. The highest BCUT2D eigenvalue weighted by Gasteiger charge is 2.61. The Balaban J connectivity index is 1.33. The molecule has 31 heavy (non-hydrogen) atoms. The minimum atomic E-state index is -0.704. The fourth-order valence-corrected chi connectivity index (χ4v) is 6.29. The molecule has 4 aliphatic rings. The zero-order chi connectivity index (χ0) is 21.6. The van der Waals surface area contributed by atoms with Crippen molar-refractivity contribution in [1.82, 2.24) is 9.88 Å². The largest absolute Gasteiger partial charge is 0.461 e. The molecular formula is C24H32N2O5. The first-order valence-electron chi connectivity index (χ1n) is 11.5. The fraction of sp³-hybridized carbons (Fsp3) is 0.708. The number of aromatic nitrogens is 1. The second kappa shape index (κ2) is 8.17. The number of carbonyl (C=O) groups excluding carboxylic acids is 2. The average molecular weight is 429 g/mol. The molecule has 0 aromatic carbocycles. The van der Waals surface area contributed by atoms with Crippen LogP contribution in [0.4, 0.5) is 0 Å². The van der Waals surface area contributed by atoms with E-state index in [-0.39, 0.29) is 30.5 Å². The molecule has 4 heterocycles. The Morgan fingerprint density at radius 1 is 1.42 bits per heavy atom. The molecule has 1 aromatic rings. The van der Waals surface area contributed by atoms with E-state index in [1.54, 1.807) is 7.11 Å². The minimum Gasteiger partial charge on any atom is -0.461 e. The number of pyridine rings is 1. The van der Waals surface area contributed by atoms with Crippen molar-refractivity contribution < 1.29 is 23.8 Å². The van der Waals surface area contributed by atoms with Crippen LogP contribution in [-0.4, -0.2) is 60.8 Å². The first-order chi connectivity index (χ1) is 15.0. The lowest BCUT2D eigenvalue weighted by Crippen LogP contribution is -2.48. The van der Waals surface area contributed by atoms with Crippen LogP contribution in [-0.2, 0) is 36.8 Å². The number of rotatable bonds is 4. The maximum Gasteiger partial charge on any atom is 0.307 e. The van der Waals surface area contributed by atoms with Gasteiger partial charge in [0.2, 0.25) is 5.91 Å². The summed E-state index contributed by atoms with van der Waals surface area (Å²) in [6.07, 6.45) is 6.16. The molecule has 2 unspecified atom stereocenters. The number of esters is 1. The summed E-state index contributed by atoms with van der Waals surface area (Å²) in [4.78, 5) is 32.6. The molecule has 7 heteroatoms. The van der Waals surface area contributed by atoms with Crippen LogP contribution in [0.1, 0.15) is 48.9 Å². The van der Waals surface area contributed by atoms with E-state index in [9.17, 15) is 9.59 Å². The molecule has 3 aliphatic heterocycles. The smallest absolute Gasteiger partial charge is 0.307 e. The Kier molecular flexibility index (Phi) is 5.51. The zero-order valence-corrected chi connectivity index (χ0v) is 18.5. The Bertz CT molecular complexity index is 874. The molecule has 0 radical (unpaired) electrons. The molecule has 1 aliphatic carbocycles. The number of hydrogen-bond donors (Lipinski definition) is 0. The van der Waals surface area contributed by atoms with Gasteiger partial charge in [-0.1, -0.05) is 6.07 Å². The highest BCUT2D eigenvalue weighted by Crippen LogP contribution is 2.53. The molecule has 0 bridgehead atoms. The third-order valence-corrected chi connectivity index (χ3v) is 7.82. The first kappa shape index (κ1) is 20.9. The Labute approximate surface area is 183 Å². The summed E-state index contributed by atoms with van der Waals surface area (Å²) in [7, 11) is 1.74. The van der Waals surface area contributed by atoms with Crippen molar-refractivity contribution in [1.29, 1.82) is 0 Å². The minimum absolute atomic E-state index is 0.0910. The standard InChI is InChI=1S/C24H32N2O5/c1-15-7-18-13-26(5-3-19(18)25-12-15)23(28)24-10-16(9-21(24)31-22(27)11-24)8-17-4-6-30-14-20(17)29-2/h7,12,16-17,20-21H,3-6,8-11,13-14H2,1-2H3/t16-,17?,20?,21-,24+/m1/s1. The van der Waals surface area contributed by atoms with Gasteiger partial charge in [-0.3, -0.25) is 14.6 Å². The van der Waals surface area contributed by atoms with E-state index in [0.717, 1.165) is 55.5 Å². The zero-order valence-electron chi connectivity index (χ0n) is 18.5. The molecule has 2 saturated heterocycles. The van der Waals surface area contributed by atoms with E-state index in [1.807, 2.05) is 18.0 Å². The lowest BCUT2D eigenvalue weighted by molar-refractivity contribution is -0.145. The van der Waals surface area contributed by atoms with Crippen LogP contribution in [0.2, 0.25) is 0 Å². The summed E-state index contributed by atoms with van der Waals surface area (Å²) < 4.78 is 16.9. The highest BCUT2D eigenvalue weighted by atomic mass is 16.6. The number of nitrogens with zero attached hydrogens (tertiary/aromatic N) is 2. The molecule has 1 aromatic heterocycles. The van der Waals surface area contributed by atoms with Crippen molar-refractivity contribution in [2.45, 2.75) is 64.2 Å². The number of hydrogen-bond acceptors (Lipinski definition) is 6. The number of carbonyl (C=O) groups is 2. The first-order valence-corrected chi connectivity index (χ1v) is 11.5. The number of ether oxygens (including phenoxy) is 3. The maximum absolute atomic E-state index is 13.8. The maximum atomic E-state index is 13.8. The van der Waals surface area contributed by atoms with E-state index in [2.05, 4.69) is 11.1 Å². The van der Waals surface area contributed by atoms with Gasteiger partial charge in [0.1, 0.15) is 6.10 Å². The molecule has 0 N–H and O–H groups in total. The number of fused-ring (bicyclic) bond motifs is 2. The summed E-state index contributed by atoms with van der Waals surface area (Å²) in [6.45, 7) is 4.65.